The minimum Gasteiger partial charge on any atom is -0.497 e. The predicted molar refractivity (Wildman–Crippen MR) is 112 cm³/mol. The van der Waals surface area contributed by atoms with Crippen molar-refractivity contribution in [3.8, 4) is 11.5 Å². The van der Waals surface area contributed by atoms with Crippen LogP contribution in [0.4, 0.5) is 0 Å². The van der Waals surface area contributed by atoms with E-state index in [0.29, 0.717) is 0 Å². The molecule has 0 saturated carbocycles. The maximum Gasteiger partial charge on any atom is 0.118 e. The number of rotatable bonds is 6. The molecule has 138 valence electrons. The van der Waals surface area contributed by atoms with Crippen molar-refractivity contribution in [1.29, 1.82) is 0 Å². The summed E-state index contributed by atoms with van der Waals surface area (Å²) in [5.74, 6) is 1.69. The predicted octanol–water partition coefficient (Wildman–Crippen LogP) is 5.25. The van der Waals surface area contributed by atoms with E-state index in [9.17, 15) is 0 Å². The van der Waals surface area contributed by atoms with Crippen LogP contribution >= 0.6 is 0 Å². The van der Waals surface area contributed by atoms with Gasteiger partial charge < -0.3 is 15.2 Å². The van der Waals surface area contributed by atoms with Gasteiger partial charge in [-0.1, -0.05) is 48.6 Å². The third-order valence-electron chi connectivity index (χ3n) is 4.59. The van der Waals surface area contributed by atoms with Crippen molar-refractivity contribution < 1.29 is 9.47 Å². The molecule has 0 aromatic heterocycles. The maximum absolute atomic E-state index is 5.83. The van der Waals surface area contributed by atoms with Gasteiger partial charge in [-0.05, 0) is 65.5 Å². The number of allylic oxidation sites excluding steroid dienone is 7. The molecular weight excluding hydrogens is 334 g/mol. The summed E-state index contributed by atoms with van der Waals surface area (Å²) < 4.78 is 10.6. The van der Waals surface area contributed by atoms with Crippen molar-refractivity contribution in [2.24, 2.45) is 5.73 Å². The van der Waals surface area contributed by atoms with Gasteiger partial charge >= 0.3 is 0 Å². The van der Waals surface area contributed by atoms with Gasteiger partial charge in [0.05, 0.1) is 14.2 Å². The van der Waals surface area contributed by atoms with E-state index >= 15 is 0 Å². The third-order valence-corrected chi connectivity index (χ3v) is 4.59. The molecule has 2 aromatic carbocycles. The molecule has 27 heavy (non-hydrogen) atoms. The second-order valence-electron chi connectivity index (χ2n) is 6.38. The monoisotopic (exact) mass is 359 g/mol. The first-order chi connectivity index (χ1) is 13.2. The molecule has 0 atom stereocenters. The summed E-state index contributed by atoms with van der Waals surface area (Å²) in [7, 11) is 3.36. The number of nitrogens with two attached hydrogens (primary N) is 1. The third kappa shape index (κ3) is 4.91. The topological polar surface area (TPSA) is 44.5 Å². The van der Waals surface area contributed by atoms with Crippen molar-refractivity contribution in [3.05, 3.63) is 101 Å². The lowest BCUT2D eigenvalue weighted by Gasteiger charge is -2.10. The smallest absolute Gasteiger partial charge is 0.118 e. The molecule has 0 bridgehead atoms. The zero-order valence-electron chi connectivity index (χ0n) is 15.8. The Bertz CT molecular complexity index is 835. The van der Waals surface area contributed by atoms with Crippen molar-refractivity contribution in [3.63, 3.8) is 0 Å². The summed E-state index contributed by atoms with van der Waals surface area (Å²) in [6, 6.07) is 16.2. The Balaban J connectivity index is 1.92. The summed E-state index contributed by atoms with van der Waals surface area (Å²) in [5.41, 5.74) is 11.5. The van der Waals surface area contributed by atoms with E-state index in [1.54, 1.807) is 14.2 Å². The Morgan fingerprint density at radius 1 is 0.815 bits per heavy atom. The molecule has 3 rings (SSSR count). The first-order valence-corrected chi connectivity index (χ1v) is 9.02. The minimum absolute atomic E-state index is 0.847. The molecule has 0 unspecified atom stereocenters. The van der Waals surface area contributed by atoms with Crippen molar-refractivity contribution in [1.82, 2.24) is 0 Å². The van der Waals surface area contributed by atoms with Crippen LogP contribution in [-0.4, -0.2) is 14.2 Å². The fourth-order valence-electron chi connectivity index (χ4n) is 2.98. The van der Waals surface area contributed by atoms with Gasteiger partial charge in [0.15, 0.2) is 0 Å². The van der Waals surface area contributed by atoms with Crippen LogP contribution in [0.2, 0.25) is 0 Å². The van der Waals surface area contributed by atoms with Crippen LogP contribution in [0.25, 0.3) is 5.57 Å². The molecule has 2 aromatic rings. The van der Waals surface area contributed by atoms with Gasteiger partial charge in [0.2, 0.25) is 0 Å². The van der Waals surface area contributed by atoms with E-state index < -0.39 is 0 Å². The molecule has 0 spiro atoms. The number of methoxy groups -OCH3 is 2. The van der Waals surface area contributed by atoms with E-state index in [1.807, 2.05) is 30.3 Å². The highest BCUT2D eigenvalue weighted by atomic mass is 16.5. The molecule has 0 amide bonds. The van der Waals surface area contributed by atoms with Gasteiger partial charge in [0.1, 0.15) is 11.5 Å². The summed E-state index contributed by atoms with van der Waals surface area (Å²) in [6.45, 7) is 0. The van der Waals surface area contributed by atoms with E-state index in [0.717, 1.165) is 46.7 Å². The van der Waals surface area contributed by atoms with Gasteiger partial charge in [-0.2, -0.15) is 0 Å². The Morgan fingerprint density at radius 2 is 1.37 bits per heavy atom. The fraction of sp³-hybridized carbons (Fsp3) is 0.167. The number of ether oxygens (including phenoxy) is 2. The minimum atomic E-state index is 0.847. The van der Waals surface area contributed by atoms with E-state index in [-0.39, 0.29) is 0 Å². The highest BCUT2D eigenvalue weighted by Gasteiger charge is 2.06. The molecular formula is C24H25NO2. The van der Waals surface area contributed by atoms with Crippen LogP contribution in [0.3, 0.4) is 0 Å². The highest BCUT2D eigenvalue weighted by Crippen LogP contribution is 2.27. The number of hydrogen-bond donors (Lipinski definition) is 1. The van der Waals surface area contributed by atoms with Gasteiger partial charge in [0.25, 0.3) is 0 Å². The summed E-state index contributed by atoms with van der Waals surface area (Å²) in [6.07, 6.45) is 12.4. The van der Waals surface area contributed by atoms with Gasteiger partial charge in [-0.15, -0.1) is 0 Å². The average Bonchev–Trinajstić information content (AvgIpc) is 2.73. The molecule has 3 heteroatoms. The zero-order valence-corrected chi connectivity index (χ0v) is 15.8. The van der Waals surface area contributed by atoms with E-state index in [4.69, 9.17) is 15.2 Å². The average molecular weight is 359 g/mol. The Morgan fingerprint density at radius 3 is 1.81 bits per heavy atom. The first kappa shape index (κ1) is 18.6. The van der Waals surface area contributed by atoms with Crippen LogP contribution in [0.1, 0.15) is 24.0 Å². The van der Waals surface area contributed by atoms with E-state index in [2.05, 4.69) is 48.6 Å². The number of benzene rings is 2. The van der Waals surface area contributed by atoms with Gasteiger partial charge in [-0.3, -0.25) is 0 Å². The van der Waals surface area contributed by atoms with Crippen LogP contribution in [0, 0.1) is 0 Å². The Kier molecular flexibility index (Phi) is 6.16. The van der Waals surface area contributed by atoms with Crippen LogP contribution in [0.15, 0.2) is 90.2 Å². The standard InChI is InChI=1S/C24H25NO2/c1-26-22-14-8-19(9-15-22)24(20-10-16-23(27-2)17-11-20)5-3-4-18-6-12-21(25)13-7-18/h3-6,8-12,14-17H,7,13,25H2,1-2H3. The SMILES string of the molecule is COc1ccc(C(=CC=CC2=CC=C(N)CC2)c2ccc(OC)cc2)cc1. The zero-order chi connectivity index (χ0) is 19.1. The molecule has 2 N–H and O–H groups in total. The molecule has 0 fully saturated rings. The first-order valence-electron chi connectivity index (χ1n) is 9.02. The summed E-state index contributed by atoms with van der Waals surface area (Å²) in [5, 5.41) is 0. The fourth-order valence-corrected chi connectivity index (χ4v) is 2.98. The number of hydrogen-bond acceptors (Lipinski definition) is 3. The quantitative estimate of drug-likeness (QED) is 0.716. The molecule has 0 radical (unpaired) electrons. The Labute approximate surface area is 161 Å². The summed E-state index contributed by atoms with van der Waals surface area (Å²) in [4.78, 5) is 0. The van der Waals surface area contributed by atoms with Gasteiger partial charge in [0, 0.05) is 5.70 Å². The lowest BCUT2D eigenvalue weighted by molar-refractivity contribution is 0.414. The largest absolute Gasteiger partial charge is 0.497 e. The van der Waals surface area contributed by atoms with E-state index in [1.165, 1.54) is 5.57 Å². The lowest BCUT2D eigenvalue weighted by atomic mass is 9.96. The van der Waals surface area contributed by atoms with Crippen LogP contribution < -0.4 is 15.2 Å². The lowest BCUT2D eigenvalue weighted by Crippen LogP contribution is -2.00. The molecule has 3 nitrogen and oxygen atoms in total. The second-order valence-corrected chi connectivity index (χ2v) is 6.38. The van der Waals surface area contributed by atoms with Gasteiger partial charge in [-0.25, -0.2) is 0 Å². The maximum atomic E-state index is 5.83. The second kappa shape index (κ2) is 8.95. The molecule has 1 aliphatic rings. The van der Waals surface area contributed by atoms with Crippen molar-refractivity contribution in [2.45, 2.75) is 12.8 Å². The van der Waals surface area contributed by atoms with Crippen LogP contribution in [-0.2, 0) is 0 Å². The van der Waals surface area contributed by atoms with Crippen molar-refractivity contribution >= 4 is 5.57 Å². The van der Waals surface area contributed by atoms with Crippen LogP contribution in [0.5, 0.6) is 11.5 Å². The normalized spacial score (nSPS) is 13.7. The Hall–Kier alpha value is -3.20. The van der Waals surface area contributed by atoms with Crippen molar-refractivity contribution in [2.75, 3.05) is 14.2 Å². The molecule has 0 saturated heterocycles. The highest BCUT2D eigenvalue weighted by molar-refractivity contribution is 5.81. The summed E-state index contributed by atoms with van der Waals surface area (Å²) >= 11 is 0. The molecule has 0 heterocycles. The molecule has 1 aliphatic carbocycles. The molecule has 0 aliphatic heterocycles.